The van der Waals surface area contributed by atoms with E-state index in [2.05, 4.69) is 21.2 Å². The molecule has 0 fully saturated rings. The lowest BCUT2D eigenvalue weighted by Crippen LogP contribution is -2.33. The van der Waals surface area contributed by atoms with E-state index in [0.29, 0.717) is 54.8 Å². The van der Waals surface area contributed by atoms with Crippen molar-refractivity contribution in [1.82, 2.24) is 10.2 Å². The molecule has 0 bridgehead atoms. The molecule has 0 aromatic heterocycles. The van der Waals surface area contributed by atoms with Crippen LogP contribution in [-0.4, -0.2) is 49.3 Å². The number of nitrogens with two attached hydrogens (primary N) is 3. The third kappa shape index (κ3) is 4.34. The summed E-state index contributed by atoms with van der Waals surface area (Å²) in [5.74, 6) is -0.876. The summed E-state index contributed by atoms with van der Waals surface area (Å²) in [6, 6.07) is 4.69. The molecule has 0 spiro atoms. The predicted molar refractivity (Wildman–Crippen MR) is 117 cm³/mol. The Labute approximate surface area is 183 Å². The first kappa shape index (κ1) is 22.6. The van der Waals surface area contributed by atoms with Crippen molar-refractivity contribution in [1.29, 1.82) is 0 Å². The van der Waals surface area contributed by atoms with Crippen molar-refractivity contribution in [3.63, 3.8) is 0 Å². The van der Waals surface area contributed by atoms with Gasteiger partial charge in [0.15, 0.2) is 5.78 Å². The fourth-order valence-corrected chi connectivity index (χ4v) is 4.46. The van der Waals surface area contributed by atoms with Gasteiger partial charge in [0.05, 0.1) is 16.6 Å². The van der Waals surface area contributed by atoms with E-state index >= 15 is 0 Å². The van der Waals surface area contributed by atoms with Gasteiger partial charge in [0, 0.05) is 55.5 Å². The second-order valence-corrected chi connectivity index (χ2v) is 8.24. The van der Waals surface area contributed by atoms with Gasteiger partial charge in [-0.1, -0.05) is 6.07 Å². The van der Waals surface area contributed by atoms with Gasteiger partial charge in [-0.3, -0.25) is 9.59 Å². The van der Waals surface area contributed by atoms with Crippen molar-refractivity contribution in [2.24, 2.45) is 17.2 Å². The molecule has 162 valence electrons. The van der Waals surface area contributed by atoms with E-state index in [0.717, 1.165) is 29.8 Å². The Morgan fingerprint density at radius 2 is 1.80 bits per heavy atom. The molecule has 1 unspecified atom stereocenters. The van der Waals surface area contributed by atoms with Gasteiger partial charge in [-0.2, -0.15) is 0 Å². The number of nitrogens with one attached hydrogen (secondary N) is 1. The number of benzene rings is 1. The van der Waals surface area contributed by atoms with Crippen LogP contribution in [0, 0.1) is 5.82 Å². The second-order valence-electron chi connectivity index (χ2n) is 7.39. The van der Waals surface area contributed by atoms with Crippen molar-refractivity contribution in [3.8, 4) is 0 Å². The van der Waals surface area contributed by atoms with Crippen LogP contribution in [-0.2, 0) is 9.59 Å². The number of rotatable bonds is 4. The molecule has 0 saturated carbocycles. The molecular weight excluding hydrogens is 453 g/mol. The van der Waals surface area contributed by atoms with Crippen LogP contribution < -0.4 is 22.5 Å². The van der Waals surface area contributed by atoms with Crippen molar-refractivity contribution in [2.75, 3.05) is 32.7 Å². The lowest BCUT2D eigenvalue weighted by Gasteiger charge is -2.32. The number of hydrogen-bond donors (Lipinski definition) is 4. The fourth-order valence-electron chi connectivity index (χ4n) is 4.07. The zero-order valence-electron chi connectivity index (χ0n) is 16.7. The number of carbonyl (C=O) groups excluding carboxylic acids is 2. The summed E-state index contributed by atoms with van der Waals surface area (Å²) in [4.78, 5) is 27.4. The Morgan fingerprint density at radius 1 is 1.07 bits per heavy atom. The molecule has 1 aromatic carbocycles. The highest BCUT2D eigenvalue weighted by atomic mass is 79.9. The minimum absolute atomic E-state index is 0.0563. The first-order valence-corrected chi connectivity index (χ1v) is 10.8. The Bertz CT molecular complexity index is 913. The van der Waals surface area contributed by atoms with E-state index in [1.165, 1.54) is 6.07 Å². The average molecular weight is 480 g/mol. The molecule has 7 nitrogen and oxygen atoms in total. The van der Waals surface area contributed by atoms with Gasteiger partial charge in [0.2, 0.25) is 0 Å². The van der Waals surface area contributed by atoms with Gasteiger partial charge < -0.3 is 27.4 Å². The summed E-state index contributed by atoms with van der Waals surface area (Å²) < 4.78 is 14.1. The first-order chi connectivity index (χ1) is 14.4. The number of Topliss-reactive ketones (excluding diaryl/α,β-unsaturated/α-hetero) is 1. The smallest absolute Gasteiger partial charge is 0.252 e. The largest absolute Gasteiger partial charge is 0.360 e. The summed E-state index contributed by atoms with van der Waals surface area (Å²) >= 11 is 3.22. The predicted octanol–water partition coefficient (Wildman–Crippen LogP) is 1.24. The van der Waals surface area contributed by atoms with Crippen LogP contribution in [0.15, 0.2) is 45.2 Å². The number of ketones is 1. The Balaban J connectivity index is 0.000000589. The third-order valence-electron chi connectivity index (χ3n) is 5.37. The quantitative estimate of drug-likeness (QED) is 0.514. The Hall–Kier alpha value is -2.07. The number of hydrogen-bond acceptors (Lipinski definition) is 6. The highest BCUT2D eigenvalue weighted by molar-refractivity contribution is 9.10. The van der Waals surface area contributed by atoms with E-state index in [4.69, 9.17) is 17.2 Å². The molecule has 2 aliphatic heterocycles. The van der Waals surface area contributed by atoms with Gasteiger partial charge in [-0.05, 0) is 46.5 Å². The number of allylic oxidation sites excluding steroid dienone is 2. The lowest BCUT2D eigenvalue weighted by molar-refractivity contribution is -0.125. The molecule has 4 rings (SSSR count). The normalized spacial score (nSPS) is 20.6. The SMILES string of the molecule is NCCN.NCCN1CC2=C(C1=O)C(c1ccc(F)c(Br)c1)C1=C(CCCC1=O)N2. The number of nitrogens with zero attached hydrogens (tertiary/aromatic N) is 1. The van der Waals surface area contributed by atoms with Crippen LogP contribution in [0.25, 0.3) is 0 Å². The molecule has 0 saturated heterocycles. The highest BCUT2D eigenvalue weighted by Gasteiger charge is 2.44. The van der Waals surface area contributed by atoms with Crippen molar-refractivity contribution < 1.29 is 14.0 Å². The average Bonchev–Trinajstić information content (AvgIpc) is 3.04. The fraction of sp³-hybridized carbons (Fsp3) is 0.429. The minimum atomic E-state index is -0.457. The van der Waals surface area contributed by atoms with Gasteiger partial charge in [0.25, 0.3) is 5.91 Å². The van der Waals surface area contributed by atoms with E-state index in [9.17, 15) is 14.0 Å². The summed E-state index contributed by atoms with van der Waals surface area (Å²) in [7, 11) is 0. The van der Waals surface area contributed by atoms with Crippen LogP contribution in [0.1, 0.15) is 30.7 Å². The van der Waals surface area contributed by atoms with E-state index in [-0.39, 0.29) is 17.5 Å². The molecule has 9 heteroatoms. The zero-order valence-corrected chi connectivity index (χ0v) is 18.3. The van der Waals surface area contributed by atoms with Crippen LogP contribution in [0.4, 0.5) is 4.39 Å². The second kappa shape index (κ2) is 9.82. The zero-order chi connectivity index (χ0) is 21.8. The van der Waals surface area contributed by atoms with Gasteiger partial charge in [0.1, 0.15) is 5.82 Å². The van der Waals surface area contributed by atoms with E-state index < -0.39 is 5.92 Å². The molecule has 1 aliphatic carbocycles. The van der Waals surface area contributed by atoms with Crippen LogP contribution in [0.3, 0.4) is 0 Å². The Morgan fingerprint density at radius 3 is 2.43 bits per heavy atom. The molecule has 0 radical (unpaired) electrons. The first-order valence-electron chi connectivity index (χ1n) is 10.0. The highest BCUT2D eigenvalue weighted by Crippen LogP contribution is 2.45. The maximum atomic E-state index is 13.7. The summed E-state index contributed by atoms with van der Waals surface area (Å²) in [5.41, 5.74) is 19.2. The van der Waals surface area contributed by atoms with Crippen molar-refractivity contribution in [2.45, 2.75) is 25.2 Å². The third-order valence-corrected chi connectivity index (χ3v) is 5.98. The van der Waals surface area contributed by atoms with Crippen LogP contribution in [0.2, 0.25) is 0 Å². The van der Waals surface area contributed by atoms with E-state index in [1.807, 2.05) is 0 Å². The maximum Gasteiger partial charge on any atom is 0.252 e. The summed E-state index contributed by atoms with van der Waals surface area (Å²) in [6.07, 6.45) is 2.05. The lowest BCUT2D eigenvalue weighted by atomic mass is 9.75. The number of carbonyl (C=O) groups is 2. The summed E-state index contributed by atoms with van der Waals surface area (Å²) in [6.45, 7) is 2.51. The molecule has 1 aromatic rings. The molecule has 30 heavy (non-hydrogen) atoms. The molecule has 1 atom stereocenters. The van der Waals surface area contributed by atoms with Crippen LogP contribution in [0.5, 0.6) is 0 Å². The topological polar surface area (TPSA) is 127 Å². The monoisotopic (exact) mass is 479 g/mol. The van der Waals surface area contributed by atoms with Crippen molar-refractivity contribution in [3.05, 3.63) is 56.6 Å². The Kier molecular flexibility index (Phi) is 7.41. The van der Waals surface area contributed by atoms with E-state index in [1.54, 1.807) is 17.0 Å². The van der Waals surface area contributed by atoms with Crippen molar-refractivity contribution >= 4 is 27.6 Å². The number of dihydropyridines is 1. The number of halogens is 2. The molecular formula is C21H27BrFN5O2. The standard InChI is InChI=1S/C19H19BrFN3O2.C2H8N2/c20-11-8-10(4-5-12(11)21)16-17-13(2-1-3-15(17)25)23-14-9-24(7-6-22)19(26)18(14)16;3-1-2-4/h4-5,8,16,23H,1-3,6-7,9,22H2;1-4H2. The molecule has 7 N–H and O–H groups in total. The summed E-state index contributed by atoms with van der Waals surface area (Å²) in [5, 5.41) is 3.34. The van der Waals surface area contributed by atoms with Gasteiger partial charge >= 0.3 is 0 Å². The minimum Gasteiger partial charge on any atom is -0.360 e. The molecule has 1 amide bonds. The molecule has 3 aliphatic rings. The van der Waals surface area contributed by atoms with Gasteiger partial charge in [-0.25, -0.2) is 4.39 Å². The maximum absolute atomic E-state index is 13.7. The van der Waals surface area contributed by atoms with Gasteiger partial charge in [-0.15, -0.1) is 0 Å². The van der Waals surface area contributed by atoms with Crippen LogP contribution >= 0.6 is 15.9 Å². The number of amides is 1. The molecule has 2 heterocycles.